The Morgan fingerprint density at radius 3 is 2.39 bits per heavy atom. The molecule has 1 heterocycles. The topological polar surface area (TPSA) is 85.8 Å². The second-order valence-electron chi connectivity index (χ2n) is 6.43. The number of anilines is 1. The summed E-state index contributed by atoms with van der Waals surface area (Å²) in [5, 5.41) is 12.1. The Bertz CT molecular complexity index is 938. The molecular formula is C20H23N5OS2. The summed E-state index contributed by atoms with van der Waals surface area (Å²) >= 11 is 2.80. The summed E-state index contributed by atoms with van der Waals surface area (Å²) in [5.74, 6) is 6.79. The van der Waals surface area contributed by atoms with E-state index in [4.69, 9.17) is 5.84 Å². The van der Waals surface area contributed by atoms with Crippen LogP contribution in [0.15, 0.2) is 58.8 Å². The van der Waals surface area contributed by atoms with Crippen LogP contribution >= 0.6 is 23.5 Å². The Labute approximate surface area is 173 Å². The predicted molar refractivity (Wildman–Crippen MR) is 116 cm³/mol. The molecule has 1 atom stereocenters. The normalized spacial score (nSPS) is 12.0. The van der Waals surface area contributed by atoms with Crippen LogP contribution in [0.5, 0.6) is 0 Å². The lowest BCUT2D eigenvalue weighted by Crippen LogP contribution is -2.24. The van der Waals surface area contributed by atoms with Crippen molar-refractivity contribution in [3.05, 3.63) is 65.2 Å². The highest BCUT2D eigenvalue weighted by molar-refractivity contribution is 8.00. The summed E-state index contributed by atoms with van der Waals surface area (Å²) in [6.45, 7) is 5.79. The smallest absolute Gasteiger partial charge is 0.237 e. The van der Waals surface area contributed by atoms with E-state index in [9.17, 15) is 4.79 Å². The minimum absolute atomic E-state index is 0.0936. The Hall–Kier alpha value is -2.45. The first kappa shape index (κ1) is 20.3. The highest BCUT2D eigenvalue weighted by atomic mass is 32.2. The molecule has 2 aromatic carbocycles. The molecule has 0 unspecified atom stereocenters. The Kier molecular flexibility index (Phi) is 6.64. The van der Waals surface area contributed by atoms with Crippen LogP contribution in [-0.4, -0.2) is 26.0 Å². The molecule has 1 amide bonds. The van der Waals surface area contributed by atoms with Crippen LogP contribution in [0, 0.1) is 13.8 Å². The van der Waals surface area contributed by atoms with Gasteiger partial charge in [0.25, 0.3) is 0 Å². The van der Waals surface area contributed by atoms with Crippen LogP contribution < -0.4 is 11.2 Å². The molecule has 0 saturated carbocycles. The van der Waals surface area contributed by atoms with Crippen LogP contribution in [0.25, 0.3) is 0 Å². The molecule has 6 nitrogen and oxygen atoms in total. The number of hydrogen-bond donors (Lipinski definition) is 2. The van der Waals surface area contributed by atoms with Gasteiger partial charge < -0.3 is 11.2 Å². The number of benzene rings is 2. The molecule has 0 radical (unpaired) electrons. The summed E-state index contributed by atoms with van der Waals surface area (Å²) in [4.78, 5) is 12.6. The maximum Gasteiger partial charge on any atom is 0.237 e. The molecule has 3 aromatic rings. The lowest BCUT2D eigenvalue weighted by molar-refractivity contribution is -0.115. The van der Waals surface area contributed by atoms with Crippen LogP contribution in [0.3, 0.4) is 0 Å². The molecule has 1 aromatic heterocycles. The molecule has 3 N–H and O–H groups in total. The third-order valence-corrected chi connectivity index (χ3v) is 6.30. The number of nitrogen functional groups attached to an aromatic ring is 1. The summed E-state index contributed by atoms with van der Waals surface area (Å²) < 4.78 is 1.45. The zero-order chi connectivity index (χ0) is 20.1. The van der Waals surface area contributed by atoms with Gasteiger partial charge in [-0.25, -0.2) is 4.68 Å². The van der Waals surface area contributed by atoms with Gasteiger partial charge in [-0.05, 0) is 37.5 Å². The fraction of sp³-hybridized carbons (Fsp3) is 0.250. The van der Waals surface area contributed by atoms with Crippen molar-refractivity contribution >= 4 is 35.1 Å². The number of nitrogens with two attached hydrogens (primary N) is 1. The standard InChI is InChI=1S/C20H23N5OS2/c1-13-8-7-9-14(2)17(13)22-18(26)15(3)28-20-24-23-19(25(20)21)27-12-16-10-5-4-6-11-16/h4-11,15H,12,21H2,1-3H3,(H,22,26)/t15-/m1/s1. The number of nitrogens with one attached hydrogen (secondary N) is 1. The maximum atomic E-state index is 12.6. The Morgan fingerprint density at radius 1 is 1.07 bits per heavy atom. The third-order valence-electron chi connectivity index (χ3n) is 4.22. The summed E-state index contributed by atoms with van der Waals surface area (Å²) in [6.07, 6.45) is 0. The van der Waals surface area contributed by atoms with Gasteiger partial charge in [0.2, 0.25) is 16.2 Å². The number of carbonyl (C=O) groups excluding carboxylic acids is 1. The van der Waals surface area contributed by atoms with Gasteiger partial charge in [0.1, 0.15) is 0 Å². The van der Waals surface area contributed by atoms with Gasteiger partial charge in [0, 0.05) is 11.4 Å². The number of thioether (sulfide) groups is 2. The van der Waals surface area contributed by atoms with Gasteiger partial charge in [0.05, 0.1) is 5.25 Å². The molecule has 0 spiro atoms. The van der Waals surface area contributed by atoms with E-state index in [1.807, 2.05) is 57.2 Å². The Morgan fingerprint density at radius 2 is 1.71 bits per heavy atom. The van der Waals surface area contributed by atoms with Gasteiger partial charge in [-0.15, -0.1) is 10.2 Å². The minimum Gasteiger partial charge on any atom is -0.335 e. The number of carbonyl (C=O) groups is 1. The fourth-order valence-corrected chi connectivity index (χ4v) is 4.25. The van der Waals surface area contributed by atoms with Crippen LogP contribution in [-0.2, 0) is 10.5 Å². The molecule has 28 heavy (non-hydrogen) atoms. The number of nitrogens with zero attached hydrogens (tertiary/aromatic N) is 3. The minimum atomic E-state index is -0.363. The van der Waals surface area contributed by atoms with Crippen molar-refractivity contribution in [1.29, 1.82) is 0 Å². The lowest BCUT2D eigenvalue weighted by Gasteiger charge is -2.15. The molecule has 0 aliphatic rings. The molecule has 0 fully saturated rings. The summed E-state index contributed by atoms with van der Waals surface area (Å²) in [7, 11) is 0. The van der Waals surface area contributed by atoms with Crippen molar-refractivity contribution in [3.63, 3.8) is 0 Å². The molecular weight excluding hydrogens is 390 g/mol. The lowest BCUT2D eigenvalue weighted by atomic mass is 10.1. The average Bonchev–Trinajstić information content (AvgIpc) is 3.03. The first-order chi connectivity index (χ1) is 13.5. The van der Waals surface area contributed by atoms with Gasteiger partial charge >= 0.3 is 0 Å². The molecule has 0 bridgehead atoms. The van der Waals surface area contributed by atoms with Gasteiger partial charge in [-0.3, -0.25) is 4.79 Å². The van der Waals surface area contributed by atoms with Crippen molar-refractivity contribution in [2.45, 2.75) is 42.1 Å². The molecule has 0 saturated heterocycles. The van der Waals surface area contributed by atoms with E-state index in [0.717, 1.165) is 22.6 Å². The van der Waals surface area contributed by atoms with Crippen LogP contribution in [0.2, 0.25) is 0 Å². The van der Waals surface area contributed by atoms with E-state index in [1.54, 1.807) is 0 Å². The predicted octanol–water partition coefficient (Wildman–Crippen LogP) is 4.02. The van der Waals surface area contributed by atoms with E-state index in [2.05, 4.69) is 27.6 Å². The fourth-order valence-electron chi connectivity index (χ4n) is 2.61. The van der Waals surface area contributed by atoms with Gasteiger partial charge in [0.15, 0.2) is 0 Å². The molecule has 3 rings (SSSR count). The number of amides is 1. The zero-order valence-electron chi connectivity index (χ0n) is 16.0. The van der Waals surface area contributed by atoms with Gasteiger partial charge in [-0.2, -0.15) is 0 Å². The van der Waals surface area contributed by atoms with Crippen molar-refractivity contribution in [2.75, 3.05) is 11.2 Å². The van der Waals surface area contributed by atoms with E-state index in [1.165, 1.54) is 33.8 Å². The summed E-state index contributed by atoms with van der Waals surface area (Å²) in [5.41, 5.74) is 4.11. The quantitative estimate of drug-likeness (QED) is 0.449. The second kappa shape index (κ2) is 9.16. The highest BCUT2D eigenvalue weighted by Gasteiger charge is 2.20. The van der Waals surface area contributed by atoms with Crippen molar-refractivity contribution < 1.29 is 4.79 Å². The SMILES string of the molecule is Cc1cccc(C)c1NC(=O)[C@@H](C)Sc1nnc(SCc2ccccc2)n1N. The maximum absolute atomic E-state index is 12.6. The number of hydrogen-bond acceptors (Lipinski definition) is 6. The highest BCUT2D eigenvalue weighted by Crippen LogP contribution is 2.27. The number of aryl methyl sites for hydroxylation is 2. The summed E-state index contributed by atoms with van der Waals surface area (Å²) in [6, 6.07) is 16.0. The number of aromatic nitrogens is 3. The number of rotatable bonds is 7. The largest absolute Gasteiger partial charge is 0.335 e. The van der Waals surface area contributed by atoms with Crippen LogP contribution in [0.1, 0.15) is 23.6 Å². The van der Waals surface area contributed by atoms with E-state index in [0.29, 0.717) is 10.3 Å². The first-order valence-electron chi connectivity index (χ1n) is 8.86. The zero-order valence-corrected chi connectivity index (χ0v) is 17.7. The van der Waals surface area contributed by atoms with Gasteiger partial charge in [-0.1, -0.05) is 72.1 Å². The number of para-hydroxylation sites is 1. The van der Waals surface area contributed by atoms with Crippen LogP contribution in [0.4, 0.5) is 5.69 Å². The van der Waals surface area contributed by atoms with E-state index < -0.39 is 0 Å². The van der Waals surface area contributed by atoms with E-state index >= 15 is 0 Å². The monoisotopic (exact) mass is 413 g/mol. The average molecular weight is 414 g/mol. The first-order valence-corrected chi connectivity index (χ1v) is 10.7. The molecule has 0 aliphatic carbocycles. The Balaban J connectivity index is 1.61. The second-order valence-corrected chi connectivity index (χ2v) is 8.68. The molecule has 8 heteroatoms. The van der Waals surface area contributed by atoms with E-state index in [-0.39, 0.29) is 11.2 Å². The third kappa shape index (κ3) is 4.88. The van der Waals surface area contributed by atoms with Crippen molar-refractivity contribution in [3.8, 4) is 0 Å². The molecule has 0 aliphatic heterocycles. The van der Waals surface area contributed by atoms with Crippen molar-refractivity contribution in [2.24, 2.45) is 0 Å². The van der Waals surface area contributed by atoms with Crippen molar-refractivity contribution in [1.82, 2.24) is 14.9 Å². The molecule has 146 valence electrons.